The van der Waals surface area contributed by atoms with E-state index in [4.69, 9.17) is 4.74 Å². The standard InChI is InChI=1S/C18H18BrN3O4/c1-26-14-5-2-12(3-6-14)9-17(24)20-11-18(25)22-21-10-13-4-7-16(23)15(19)8-13/h2-8,10,23H,9,11H2,1H3,(H,20,24)(H,22,25)/b21-10+. The van der Waals surface area contributed by atoms with Crippen molar-refractivity contribution in [3.8, 4) is 11.5 Å². The van der Waals surface area contributed by atoms with Crippen molar-refractivity contribution in [2.75, 3.05) is 13.7 Å². The molecule has 0 aliphatic carbocycles. The highest BCUT2D eigenvalue weighted by atomic mass is 79.9. The second-order valence-electron chi connectivity index (χ2n) is 5.31. The molecule has 7 nitrogen and oxygen atoms in total. The van der Waals surface area contributed by atoms with Crippen LogP contribution in [0.1, 0.15) is 11.1 Å². The molecule has 2 rings (SSSR count). The summed E-state index contributed by atoms with van der Waals surface area (Å²) in [6.07, 6.45) is 1.60. The topological polar surface area (TPSA) is 100 Å². The van der Waals surface area contributed by atoms with Crippen molar-refractivity contribution < 1.29 is 19.4 Å². The first-order valence-electron chi connectivity index (χ1n) is 7.68. The average molecular weight is 420 g/mol. The molecule has 0 aliphatic rings. The number of ether oxygens (including phenoxy) is 1. The summed E-state index contributed by atoms with van der Waals surface area (Å²) in [6.45, 7) is -0.175. The van der Waals surface area contributed by atoms with E-state index in [0.29, 0.717) is 15.8 Å². The van der Waals surface area contributed by atoms with Gasteiger partial charge in [0, 0.05) is 0 Å². The van der Waals surface area contributed by atoms with Crippen molar-refractivity contribution in [3.63, 3.8) is 0 Å². The number of nitrogens with zero attached hydrogens (tertiary/aromatic N) is 1. The Bertz CT molecular complexity index is 807. The van der Waals surface area contributed by atoms with Gasteiger partial charge in [-0.05, 0) is 57.4 Å². The number of carbonyl (C=O) groups is 2. The van der Waals surface area contributed by atoms with Gasteiger partial charge in [0.25, 0.3) is 5.91 Å². The molecule has 0 aliphatic heterocycles. The highest BCUT2D eigenvalue weighted by Crippen LogP contribution is 2.23. The molecule has 0 fully saturated rings. The Labute approximate surface area is 159 Å². The van der Waals surface area contributed by atoms with Crippen LogP contribution in [0.5, 0.6) is 11.5 Å². The molecular weight excluding hydrogens is 402 g/mol. The molecule has 0 radical (unpaired) electrons. The summed E-state index contributed by atoms with van der Waals surface area (Å²) < 4.78 is 5.58. The van der Waals surface area contributed by atoms with Gasteiger partial charge in [-0.2, -0.15) is 5.10 Å². The maximum absolute atomic E-state index is 11.8. The zero-order chi connectivity index (χ0) is 18.9. The van der Waals surface area contributed by atoms with Gasteiger partial charge in [-0.1, -0.05) is 12.1 Å². The Kier molecular flexibility index (Phi) is 7.16. The van der Waals surface area contributed by atoms with Crippen LogP contribution in [0.3, 0.4) is 0 Å². The summed E-state index contributed by atoms with van der Waals surface area (Å²) in [6, 6.07) is 11.9. The molecule has 0 bridgehead atoms. The molecule has 0 saturated heterocycles. The number of rotatable bonds is 7. The van der Waals surface area contributed by atoms with Crippen LogP contribution in [0, 0.1) is 0 Å². The van der Waals surface area contributed by atoms with Crippen molar-refractivity contribution in [1.29, 1.82) is 0 Å². The third-order valence-electron chi connectivity index (χ3n) is 3.34. The smallest absolute Gasteiger partial charge is 0.259 e. The zero-order valence-electron chi connectivity index (χ0n) is 14.0. The van der Waals surface area contributed by atoms with E-state index < -0.39 is 5.91 Å². The second kappa shape index (κ2) is 9.57. The fraction of sp³-hybridized carbons (Fsp3) is 0.167. The zero-order valence-corrected chi connectivity index (χ0v) is 15.6. The van der Waals surface area contributed by atoms with Gasteiger partial charge >= 0.3 is 0 Å². The lowest BCUT2D eigenvalue weighted by Crippen LogP contribution is -2.35. The first kappa shape index (κ1) is 19.5. The van der Waals surface area contributed by atoms with Crippen molar-refractivity contribution in [3.05, 3.63) is 58.1 Å². The summed E-state index contributed by atoms with van der Waals surface area (Å²) in [4.78, 5) is 23.5. The number of phenols is 1. The Morgan fingerprint density at radius 3 is 2.58 bits per heavy atom. The first-order chi connectivity index (χ1) is 12.5. The number of hydrogen-bond donors (Lipinski definition) is 3. The molecule has 0 aromatic heterocycles. The minimum atomic E-state index is -0.442. The molecule has 0 spiro atoms. The SMILES string of the molecule is COc1ccc(CC(=O)NCC(=O)N/N=C/c2ccc(O)c(Br)c2)cc1. The molecule has 0 atom stereocenters. The van der Waals surface area contributed by atoms with E-state index in [1.807, 2.05) is 0 Å². The van der Waals surface area contributed by atoms with E-state index in [1.54, 1.807) is 43.5 Å². The van der Waals surface area contributed by atoms with E-state index in [1.165, 1.54) is 12.3 Å². The van der Waals surface area contributed by atoms with Gasteiger partial charge in [0.2, 0.25) is 5.91 Å². The number of nitrogens with one attached hydrogen (secondary N) is 2. The van der Waals surface area contributed by atoms with E-state index in [2.05, 4.69) is 31.8 Å². The molecule has 2 amide bonds. The normalized spacial score (nSPS) is 10.5. The van der Waals surface area contributed by atoms with Gasteiger partial charge in [-0.15, -0.1) is 0 Å². The van der Waals surface area contributed by atoms with E-state index in [0.717, 1.165) is 5.56 Å². The molecule has 2 aromatic carbocycles. The molecule has 2 aromatic rings. The summed E-state index contributed by atoms with van der Waals surface area (Å²) >= 11 is 3.19. The summed E-state index contributed by atoms with van der Waals surface area (Å²) in [5.41, 5.74) is 3.83. The van der Waals surface area contributed by atoms with Gasteiger partial charge in [0.1, 0.15) is 11.5 Å². The molecule has 8 heteroatoms. The largest absolute Gasteiger partial charge is 0.507 e. The lowest BCUT2D eigenvalue weighted by molar-refractivity contribution is -0.125. The fourth-order valence-corrected chi connectivity index (χ4v) is 2.39. The predicted octanol–water partition coefficient (Wildman–Crippen LogP) is 1.97. The van der Waals surface area contributed by atoms with Crippen LogP contribution in [0.4, 0.5) is 0 Å². The number of phenolic OH excluding ortho intramolecular Hbond substituents is 1. The summed E-state index contributed by atoms with van der Waals surface area (Å²) in [5.74, 6) is 0.122. The number of benzene rings is 2. The highest BCUT2D eigenvalue weighted by molar-refractivity contribution is 9.10. The van der Waals surface area contributed by atoms with Crippen LogP contribution in [-0.4, -0.2) is 36.8 Å². The molecular formula is C18H18BrN3O4. The Morgan fingerprint density at radius 1 is 1.19 bits per heavy atom. The average Bonchev–Trinajstić information content (AvgIpc) is 2.63. The second-order valence-corrected chi connectivity index (χ2v) is 6.16. The van der Waals surface area contributed by atoms with Crippen LogP contribution in [-0.2, 0) is 16.0 Å². The molecule has 26 heavy (non-hydrogen) atoms. The third kappa shape index (κ3) is 6.21. The summed E-state index contributed by atoms with van der Waals surface area (Å²) in [7, 11) is 1.57. The number of methoxy groups -OCH3 is 1. The van der Waals surface area contributed by atoms with Crippen LogP contribution in [0.25, 0.3) is 0 Å². The van der Waals surface area contributed by atoms with Crippen molar-refractivity contribution in [1.82, 2.24) is 10.7 Å². The van der Waals surface area contributed by atoms with Crippen LogP contribution in [0.15, 0.2) is 52.0 Å². The molecule has 0 unspecified atom stereocenters. The van der Waals surface area contributed by atoms with E-state index in [9.17, 15) is 14.7 Å². The van der Waals surface area contributed by atoms with Gasteiger partial charge < -0.3 is 15.2 Å². The number of amides is 2. The number of aromatic hydroxyl groups is 1. The highest BCUT2D eigenvalue weighted by Gasteiger charge is 2.06. The lowest BCUT2D eigenvalue weighted by Gasteiger charge is -2.05. The minimum Gasteiger partial charge on any atom is -0.507 e. The van der Waals surface area contributed by atoms with E-state index in [-0.39, 0.29) is 24.6 Å². The van der Waals surface area contributed by atoms with Crippen LogP contribution < -0.4 is 15.5 Å². The van der Waals surface area contributed by atoms with Crippen LogP contribution >= 0.6 is 15.9 Å². The molecule has 0 heterocycles. The van der Waals surface area contributed by atoms with Gasteiger partial charge in [0.15, 0.2) is 0 Å². The number of halogens is 1. The molecule has 3 N–H and O–H groups in total. The number of hydrogen-bond acceptors (Lipinski definition) is 5. The molecule has 0 saturated carbocycles. The van der Waals surface area contributed by atoms with Gasteiger partial charge in [-0.3, -0.25) is 9.59 Å². The van der Waals surface area contributed by atoms with Gasteiger partial charge in [-0.25, -0.2) is 5.43 Å². The van der Waals surface area contributed by atoms with Gasteiger partial charge in [0.05, 0.1) is 30.8 Å². The Morgan fingerprint density at radius 2 is 1.92 bits per heavy atom. The number of hydrazone groups is 1. The van der Waals surface area contributed by atoms with E-state index >= 15 is 0 Å². The fourth-order valence-electron chi connectivity index (χ4n) is 1.99. The molecule has 136 valence electrons. The maximum Gasteiger partial charge on any atom is 0.259 e. The maximum atomic E-state index is 11.8. The number of carbonyl (C=O) groups excluding carboxylic acids is 2. The first-order valence-corrected chi connectivity index (χ1v) is 8.47. The Balaban J connectivity index is 1.74. The Hall–Kier alpha value is -2.87. The third-order valence-corrected chi connectivity index (χ3v) is 3.98. The monoisotopic (exact) mass is 419 g/mol. The van der Waals surface area contributed by atoms with Crippen LogP contribution in [0.2, 0.25) is 0 Å². The van der Waals surface area contributed by atoms with Crippen molar-refractivity contribution in [2.24, 2.45) is 5.10 Å². The van der Waals surface area contributed by atoms with Crippen molar-refractivity contribution in [2.45, 2.75) is 6.42 Å². The quantitative estimate of drug-likeness (QED) is 0.471. The predicted molar refractivity (Wildman–Crippen MR) is 101 cm³/mol. The summed E-state index contributed by atoms with van der Waals surface area (Å²) in [5, 5.41) is 15.7. The lowest BCUT2D eigenvalue weighted by atomic mass is 10.1. The van der Waals surface area contributed by atoms with Crippen molar-refractivity contribution >= 4 is 34.0 Å². The minimum absolute atomic E-state index is 0.116.